The van der Waals surface area contributed by atoms with Gasteiger partial charge in [0, 0.05) is 11.9 Å². The zero-order valence-corrected chi connectivity index (χ0v) is 12.5. The Morgan fingerprint density at radius 1 is 1.53 bits per heavy atom. The van der Waals surface area contributed by atoms with Crippen molar-refractivity contribution >= 4 is 17.3 Å². The summed E-state index contributed by atoms with van der Waals surface area (Å²) in [5, 5.41) is 3.40. The summed E-state index contributed by atoms with van der Waals surface area (Å²) in [6.45, 7) is 5.01. The molecule has 0 saturated carbocycles. The van der Waals surface area contributed by atoms with Gasteiger partial charge in [-0.05, 0) is 38.8 Å². The van der Waals surface area contributed by atoms with Gasteiger partial charge in [-0.2, -0.15) is 0 Å². The molecule has 1 aromatic rings. The number of esters is 1. The smallest absolute Gasteiger partial charge is 0.308 e. The van der Waals surface area contributed by atoms with Crippen LogP contribution in [0.1, 0.15) is 36.9 Å². The number of hydrogen-bond donors (Lipinski definition) is 0. The van der Waals surface area contributed by atoms with Crippen molar-refractivity contribution in [2.24, 2.45) is 5.92 Å². The van der Waals surface area contributed by atoms with Crippen LogP contribution in [0.3, 0.4) is 0 Å². The van der Waals surface area contributed by atoms with Gasteiger partial charge in [-0.1, -0.05) is 6.92 Å². The summed E-state index contributed by atoms with van der Waals surface area (Å²) in [5.41, 5.74) is 1.17. The molecule has 1 aromatic heterocycles. The molecule has 0 atom stereocenters. The van der Waals surface area contributed by atoms with E-state index in [0.717, 1.165) is 45.3 Å². The van der Waals surface area contributed by atoms with E-state index in [2.05, 4.69) is 22.2 Å². The molecule has 0 spiro atoms. The molecule has 5 heteroatoms. The van der Waals surface area contributed by atoms with E-state index in [4.69, 9.17) is 4.74 Å². The van der Waals surface area contributed by atoms with Crippen LogP contribution in [0.5, 0.6) is 0 Å². The Balaban J connectivity index is 1.80. The molecular weight excluding hydrogens is 260 g/mol. The second kappa shape index (κ2) is 7.01. The van der Waals surface area contributed by atoms with Crippen molar-refractivity contribution in [2.75, 3.05) is 20.2 Å². The van der Waals surface area contributed by atoms with Crippen LogP contribution in [0.4, 0.5) is 0 Å². The zero-order chi connectivity index (χ0) is 13.7. The van der Waals surface area contributed by atoms with Gasteiger partial charge in [0.2, 0.25) is 0 Å². The van der Waals surface area contributed by atoms with Gasteiger partial charge in [0.1, 0.15) is 0 Å². The van der Waals surface area contributed by atoms with E-state index >= 15 is 0 Å². The molecular formula is C14H22N2O2S. The molecule has 0 amide bonds. The van der Waals surface area contributed by atoms with Crippen molar-refractivity contribution in [1.29, 1.82) is 0 Å². The molecule has 0 radical (unpaired) electrons. The molecule has 4 nitrogen and oxygen atoms in total. The number of carbonyl (C=O) groups is 1. The Bertz CT molecular complexity index is 411. The molecule has 2 rings (SSSR count). The van der Waals surface area contributed by atoms with Crippen LogP contribution >= 0.6 is 11.3 Å². The first kappa shape index (κ1) is 14.5. The predicted molar refractivity (Wildman–Crippen MR) is 76.1 cm³/mol. The van der Waals surface area contributed by atoms with Crippen LogP contribution < -0.4 is 0 Å². The van der Waals surface area contributed by atoms with Crippen molar-refractivity contribution in [3.63, 3.8) is 0 Å². The number of ether oxygens (including phenoxy) is 1. The van der Waals surface area contributed by atoms with Crippen LogP contribution in [0.25, 0.3) is 0 Å². The lowest BCUT2D eigenvalue weighted by molar-refractivity contribution is -0.147. The SMILES string of the molecule is CCCc1nc(CN2CCC(C(=O)OC)CC2)cs1. The first-order chi connectivity index (χ1) is 9.22. The number of methoxy groups -OCH3 is 1. The van der Waals surface area contributed by atoms with E-state index < -0.39 is 0 Å². The molecule has 1 saturated heterocycles. The van der Waals surface area contributed by atoms with Crippen molar-refractivity contribution in [2.45, 2.75) is 39.2 Å². The van der Waals surface area contributed by atoms with Crippen molar-refractivity contribution < 1.29 is 9.53 Å². The highest BCUT2D eigenvalue weighted by Crippen LogP contribution is 2.21. The maximum Gasteiger partial charge on any atom is 0.308 e. The van der Waals surface area contributed by atoms with E-state index in [9.17, 15) is 4.79 Å². The average Bonchev–Trinajstić information content (AvgIpc) is 2.86. The summed E-state index contributed by atoms with van der Waals surface area (Å²) in [6, 6.07) is 0. The molecule has 1 aliphatic rings. The molecule has 0 aromatic carbocycles. The van der Waals surface area contributed by atoms with Gasteiger partial charge in [-0.15, -0.1) is 11.3 Å². The van der Waals surface area contributed by atoms with Crippen LogP contribution in [-0.2, 0) is 22.5 Å². The fraction of sp³-hybridized carbons (Fsp3) is 0.714. The van der Waals surface area contributed by atoms with Gasteiger partial charge in [0.15, 0.2) is 0 Å². The fourth-order valence-electron chi connectivity index (χ4n) is 2.47. The highest BCUT2D eigenvalue weighted by molar-refractivity contribution is 7.09. The molecule has 1 fully saturated rings. The summed E-state index contributed by atoms with van der Waals surface area (Å²) in [5.74, 6) is 0.0332. The quantitative estimate of drug-likeness (QED) is 0.778. The number of aromatic nitrogens is 1. The number of hydrogen-bond acceptors (Lipinski definition) is 5. The number of thiazole rings is 1. The third-order valence-electron chi connectivity index (χ3n) is 3.57. The Labute approximate surface area is 118 Å². The monoisotopic (exact) mass is 282 g/mol. The van der Waals surface area contributed by atoms with E-state index in [1.165, 1.54) is 17.8 Å². The molecule has 0 bridgehead atoms. The highest BCUT2D eigenvalue weighted by atomic mass is 32.1. The average molecular weight is 282 g/mol. The van der Waals surface area contributed by atoms with Gasteiger partial charge < -0.3 is 4.74 Å². The first-order valence-electron chi connectivity index (χ1n) is 6.96. The summed E-state index contributed by atoms with van der Waals surface area (Å²) in [4.78, 5) is 18.5. The summed E-state index contributed by atoms with van der Waals surface area (Å²) in [7, 11) is 1.47. The fourth-order valence-corrected chi connectivity index (χ4v) is 3.36. The maximum atomic E-state index is 11.5. The number of piperidine rings is 1. The Kier molecular flexibility index (Phi) is 5.34. The molecule has 0 aliphatic carbocycles. The lowest BCUT2D eigenvalue weighted by Gasteiger charge is -2.29. The highest BCUT2D eigenvalue weighted by Gasteiger charge is 2.25. The van der Waals surface area contributed by atoms with Crippen molar-refractivity contribution in [3.05, 3.63) is 16.1 Å². The Morgan fingerprint density at radius 3 is 2.89 bits per heavy atom. The molecule has 2 heterocycles. The van der Waals surface area contributed by atoms with E-state index in [-0.39, 0.29) is 11.9 Å². The summed E-state index contributed by atoms with van der Waals surface area (Å²) in [6.07, 6.45) is 4.03. The number of aryl methyl sites for hydroxylation is 1. The third-order valence-corrected chi connectivity index (χ3v) is 4.53. The van der Waals surface area contributed by atoms with E-state index in [1.807, 2.05) is 0 Å². The second-order valence-corrected chi connectivity index (χ2v) is 6.00. The molecule has 0 unspecified atom stereocenters. The number of carbonyl (C=O) groups excluding carboxylic acids is 1. The predicted octanol–water partition coefficient (Wildman–Crippen LogP) is 2.48. The van der Waals surface area contributed by atoms with Crippen molar-refractivity contribution in [3.8, 4) is 0 Å². The topological polar surface area (TPSA) is 42.4 Å². The summed E-state index contributed by atoms with van der Waals surface area (Å²) >= 11 is 1.76. The molecule has 0 N–H and O–H groups in total. The second-order valence-electron chi connectivity index (χ2n) is 5.06. The summed E-state index contributed by atoms with van der Waals surface area (Å²) < 4.78 is 4.81. The maximum absolute atomic E-state index is 11.5. The normalized spacial score (nSPS) is 17.6. The van der Waals surface area contributed by atoms with E-state index in [1.54, 1.807) is 11.3 Å². The zero-order valence-electron chi connectivity index (χ0n) is 11.7. The molecule has 19 heavy (non-hydrogen) atoms. The number of likely N-dealkylation sites (tertiary alicyclic amines) is 1. The lowest BCUT2D eigenvalue weighted by atomic mass is 9.97. The van der Waals surface area contributed by atoms with Crippen LogP contribution in [0, 0.1) is 5.92 Å². The molecule has 106 valence electrons. The molecule has 1 aliphatic heterocycles. The lowest BCUT2D eigenvalue weighted by Crippen LogP contribution is -2.36. The van der Waals surface area contributed by atoms with Crippen LogP contribution in [0.15, 0.2) is 5.38 Å². The van der Waals surface area contributed by atoms with Crippen molar-refractivity contribution in [1.82, 2.24) is 9.88 Å². The van der Waals surface area contributed by atoms with Crippen LogP contribution in [0.2, 0.25) is 0 Å². The minimum absolute atomic E-state index is 0.0569. The first-order valence-corrected chi connectivity index (χ1v) is 7.84. The number of nitrogens with zero attached hydrogens (tertiary/aromatic N) is 2. The van der Waals surface area contributed by atoms with E-state index in [0.29, 0.717) is 0 Å². The Morgan fingerprint density at radius 2 is 2.26 bits per heavy atom. The Hall–Kier alpha value is -0.940. The largest absolute Gasteiger partial charge is 0.469 e. The minimum Gasteiger partial charge on any atom is -0.469 e. The van der Waals surface area contributed by atoms with Gasteiger partial charge in [-0.25, -0.2) is 4.98 Å². The van der Waals surface area contributed by atoms with Gasteiger partial charge >= 0.3 is 5.97 Å². The van der Waals surface area contributed by atoms with Gasteiger partial charge in [0.25, 0.3) is 0 Å². The third kappa shape index (κ3) is 4.01. The van der Waals surface area contributed by atoms with Gasteiger partial charge in [0.05, 0.1) is 23.7 Å². The number of rotatable bonds is 5. The minimum atomic E-state index is -0.0569. The van der Waals surface area contributed by atoms with Gasteiger partial charge in [-0.3, -0.25) is 9.69 Å². The van der Waals surface area contributed by atoms with Crippen LogP contribution in [-0.4, -0.2) is 36.1 Å². The standard InChI is InChI=1S/C14H22N2O2S/c1-3-4-13-15-12(10-19-13)9-16-7-5-11(6-8-16)14(17)18-2/h10-11H,3-9H2,1-2H3.